The Balaban J connectivity index is 1.29. The Bertz CT molecular complexity index is 702. The number of hydrogen-bond donors (Lipinski definition) is 2. The molecule has 2 N–H and O–H groups in total. The Morgan fingerprint density at radius 1 is 1.15 bits per heavy atom. The second-order valence-electron chi connectivity index (χ2n) is 7.31. The molecule has 1 aromatic rings. The van der Waals surface area contributed by atoms with Gasteiger partial charge >= 0.3 is 6.03 Å². The van der Waals surface area contributed by atoms with Crippen molar-refractivity contribution in [2.75, 3.05) is 13.2 Å². The lowest BCUT2D eigenvalue weighted by Crippen LogP contribution is -2.51. The van der Waals surface area contributed by atoms with Crippen LogP contribution in [0.25, 0.3) is 0 Å². The Morgan fingerprint density at radius 2 is 1.96 bits per heavy atom. The van der Waals surface area contributed by atoms with Gasteiger partial charge in [-0.15, -0.1) is 0 Å². The maximum atomic E-state index is 12.3. The van der Waals surface area contributed by atoms with E-state index in [1.807, 2.05) is 6.07 Å². The third-order valence-corrected chi connectivity index (χ3v) is 6.59. The number of nitriles is 1. The number of carbonyl (C=O) groups excluding carboxylic acids is 1. The molecule has 1 aromatic heterocycles. The van der Waals surface area contributed by atoms with E-state index in [1.54, 1.807) is 24.0 Å². The highest BCUT2D eigenvalue weighted by Gasteiger charge is 2.48. The number of fused-ring (bicyclic) bond motifs is 1. The average Bonchev–Trinajstić information content (AvgIpc) is 3.27. The van der Waals surface area contributed by atoms with Gasteiger partial charge in [0.2, 0.25) is 0 Å². The second-order valence-corrected chi connectivity index (χ2v) is 8.57. The van der Waals surface area contributed by atoms with Crippen molar-refractivity contribution in [2.24, 2.45) is 0 Å². The molecule has 7 nitrogen and oxygen atoms in total. The van der Waals surface area contributed by atoms with Gasteiger partial charge in [-0.1, -0.05) is 31.0 Å². The SMILES string of the molecule is N#Cc1ccc(S[C@H]2CO[C@H]3[C@@H]2OC[C@@H]3NC(=O)NC2CCCCC2)nc1. The first-order valence-corrected chi connectivity index (χ1v) is 10.4. The summed E-state index contributed by atoms with van der Waals surface area (Å²) < 4.78 is 11.9. The van der Waals surface area contributed by atoms with Crippen LogP contribution in [0.2, 0.25) is 0 Å². The van der Waals surface area contributed by atoms with E-state index in [0.29, 0.717) is 18.8 Å². The molecule has 3 aliphatic rings. The summed E-state index contributed by atoms with van der Waals surface area (Å²) in [6, 6.07) is 5.72. The normalized spacial score (nSPS) is 30.5. The molecular weight excluding hydrogens is 364 g/mol. The van der Waals surface area contributed by atoms with Crippen LogP contribution in [-0.2, 0) is 9.47 Å². The van der Waals surface area contributed by atoms with E-state index in [2.05, 4.69) is 21.7 Å². The number of nitrogens with one attached hydrogen (secondary N) is 2. The van der Waals surface area contributed by atoms with E-state index in [9.17, 15) is 4.79 Å². The molecule has 8 heteroatoms. The fourth-order valence-corrected chi connectivity index (χ4v) is 5.09. The van der Waals surface area contributed by atoms with E-state index in [4.69, 9.17) is 14.7 Å². The molecule has 0 radical (unpaired) electrons. The highest BCUT2D eigenvalue weighted by molar-refractivity contribution is 8.00. The summed E-state index contributed by atoms with van der Waals surface area (Å²) in [5, 5.41) is 16.0. The number of thioether (sulfide) groups is 1. The molecule has 0 bridgehead atoms. The molecule has 144 valence electrons. The van der Waals surface area contributed by atoms with Crippen LogP contribution in [0.3, 0.4) is 0 Å². The molecule has 0 unspecified atom stereocenters. The summed E-state index contributed by atoms with van der Waals surface area (Å²) in [6.45, 7) is 1.02. The van der Waals surface area contributed by atoms with Gasteiger partial charge in [0, 0.05) is 12.2 Å². The third-order valence-electron chi connectivity index (χ3n) is 5.40. The molecule has 2 aliphatic heterocycles. The number of urea groups is 1. The van der Waals surface area contributed by atoms with Crippen molar-refractivity contribution in [3.63, 3.8) is 0 Å². The summed E-state index contributed by atoms with van der Waals surface area (Å²) in [5.41, 5.74) is 0.547. The Morgan fingerprint density at radius 3 is 2.70 bits per heavy atom. The van der Waals surface area contributed by atoms with Crippen LogP contribution in [0.5, 0.6) is 0 Å². The summed E-state index contributed by atoms with van der Waals surface area (Å²) in [4.78, 5) is 16.6. The first-order valence-electron chi connectivity index (χ1n) is 9.56. The van der Waals surface area contributed by atoms with Crippen molar-refractivity contribution in [2.45, 2.75) is 66.7 Å². The van der Waals surface area contributed by atoms with Gasteiger partial charge in [0.15, 0.2) is 0 Å². The van der Waals surface area contributed by atoms with Gasteiger partial charge in [-0.05, 0) is 25.0 Å². The summed E-state index contributed by atoms with van der Waals surface area (Å²) in [7, 11) is 0. The molecular formula is C19H24N4O3S. The lowest BCUT2D eigenvalue weighted by atomic mass is 9.96. The van der Waals surface area contributed by atoms with Crippen molar-refractivity contribution < 1.29 is 14.3 Å². The van der Waals surface area contributed by atoms with Crippen molar-refractivity contribution in [1.29, 1.82) is 5.26 Å². The minimum atomic E-state index is -0.127. The Kier molecular flexibility index (Phi) is 5.81. The number of amides is 2. The average molecular weight is 388 g/mol. The quantitative estimate of drug-likeness (QED) is 0.821. The van der Waals surface area contributed by atoms with E-state index < -0.39 is 0 Å². The summed E-state index contributed by atoms with van der Waals surface area (Å²) in [6.07, 6.45) is 7.15. The van der Waals surface area contributed by atoms with Crippen LogP contribution < -0.4 is 10.6 Å². The molecule has 0 spiro atoms. The standard InChI is InChI=1S/C19H24N4O3S/c20-8-12-6-7-16(21-9-12)27-15-11-26-17-14(10-25-18(15)17)23-19(24)22-13-4-2-1-3-5-13/h6-7,9,13-15,17-18H,1-5,10-11H2,(H2,22,23,24)/t14-,15-,17+,18+/m0/s1. The zero-order valence-electron chi connectivity index (χ0n) is 15.1. The molecule has 1 saturated carbocycles. The number of aromatic nitrogens is 1. The monoisotopic (exact) mass is 388 g/mol. The van der Waals surface area contributed by atoms with Gasteiger partial charge in [0.05, 0.1) is 35.1 Å². The van der Waals surface area contributed by atoms with Gasteiger partial charge in [-0.3, -0.25) is 0 Å². The van der Waals surface area contributed by atoms with Crippen LogP contribution in [0.1, 0.15) is 37.7 Å². The van der Waals surface area contributed by atoms with Crippen LogP contribution in [-0.4, -0.2) is 53.8 Å². The van der Waals surface area contributed by atoms with Crippen molar-refractivity contribution in [3.8, 4) is 6.07 Å². The van der Waals surface area contributed by atoms with E-state index in [-0.39, 0.29) is 35.6 Å². The van der Waals surface area contributed by atoms with Gasteiger partial charge in [-0.25, -0.2) is 9.78 Å². The van der Waals surface area contributed by atoms with Gasteiger partial charge in [0.25, 0.3) is 0 Å². The smallest absolute Gasteiger partial charge is 0.315 e. The van der Waals surface area contributed by atoms with E-state index in [0.717, 1.165) is 17.9 Å². The zero-order valence-corrected chi connectivity index (χ0v) is 15.9. The first kappa shape index (κ1) is 18.5. The molecule has 2 saturated heterocycles. The van der Waals surface area contributed by atoms with Crippen LogP contribution in [0.15, 0.2) is 23.4 Å². The molecule has 1 aliphatic carbocycles. The van der Waals surface area contributed by atoms with Crippen LogP contribution in [0, 0.1) is 11.3 Å². The number of carbonyl (C=O) groups is 1. The minimum absolute atomic E-state index is 0.0626. The van der Waals surface area contributed by atoms with Gasteiger partial charge in [-0.2, -0.15) is 5.26 Å². The van der Waals surface area contributed by atoms with Gasteiger partial charge < -0.3 is 20.1 Å². The highest BCUT2D eigenvalue weighted by Crippen LogP contribution is 2.36. The zero-order chi connectivity index (χ0) is 18.6. The van der Waals surface area contributed by atoms with Crippen molar-refractivity contribution in [3.05, 3.63) is 23.9 Å². The highest BCUT2D eigenvalue weighted by atomic mass is 32.2. The van der Waals surface area contributed by atoms with Gasteiger partial charge in [0.1, 0.15) is 18.3 Å². The first-order chi connectivity index (χ1) is 13.2. The Hall–Kier alpha value is -1.82. The number of hydrogen-bond acceptors (Lipinski definition) is 6. The van der Waals surface area contributed by atoms with Crippen molar-refractivity contribution in [1.82, 2.24) is 15.6 Å². The molecule has 27 heavy (non-hydrogen) atoms. The topological polar surface area (TPSA) is 96.3 Å². The number of nitrogens with zero attached hydrogens (tertiary/aromatic N) is 2. The minimum Gasteiger partial charge on any atom is -0.372 e. The molecule has 2 amide bonds. The lowest BCUT2D eigenvalue weighted by molar-refractivity contribution is 0.0693. The maximum Gasteiger partial charge on any atom is 0.315 e. The molecule has 3 heterocycles. The fraction of sp³-hybridized carbons (Fsp3) is 0.632. The predicted molar refractivity (Wildman–Crippen MR) is 100 cm³/mol. The van der Waals surface area contributed by atoms with E-state index in [1.165, 1.54) is 19.3 Å². The molecule has 4 atom stereocenters. The fourth-order valence-electron chi connectivity index (χ4n) is 4.00. The van der Waals surface area contributed by atoms with Crippen molar-refractivity contribution >= 4 is 17.8 Å². The predicted octanol–water partition coefficient (Wildman–Crippen LogP) is 2.21. The van der Waals surface area contributed by atoms with E-state index >= 15 is 0 Å². The second kappa shape index (κ2) is 8.46. The summed E-state index contributed by atoms with van der Waals surface area (Å²) >= 11 is 1.60. The van der Waals surface area contributed by atoms with Crippen LogP contribution in [0.4, 0.5) is 4.79 Å². The largest absolute Gasteiger partial charge is 0.372 e. The number of ether oxygens (including phenoxy) is 2. The third kappa shape index (κ3) is 4.37. The Labute approximate surface area is 163 Å². The molecule has 4 rings (SSSR count). The number of pyridine rings is 1. The molecule has 3 fully saturated rings. The molecule has 0 aromatic carbocycles. The van der Waals surface area contributed by atoms with Crippen LogP contribution >= 0.6 is 11.8 Å². The maximum absolute atomic E-state index is 12.3. The number of rotatable bonds is 4. The summed E-state index contributed by atoms with van der Waals surface area (Å²) in [5.74, 6) is 0. The lowest BCUT2D eigenvalue weighted by Gasteiger charge is -2.24.